The quantitative estimate of drug-likeness (QED) is 0.266. The Kier molecular flexibility index (Phi) is 9.09. The first-order chi connectivity index (χ1) is 8.04. The first kappa shape index (κ1) is 16.4. The molecule has 0 aliphatic rings. The molecular formula is C11H17BrO5. The Morgan fingerprint density at radius 3 is 2.47 bits per heavy atom. The predicted octanol–water partition coefficient (Wildman–Crippen LogP) is 0.727. The van der Waals surface area contributed by atoms with Crippen LogP contribution >= 0.6 is 15.9 Å². The van der Waals surface area contributed by atoms with Gasteiger partial charge in [-0.3, -0.25) is 0 Å². The Morgan fingerprint density at radius 2 is 1.94 bits per heavy atom. The summed E-state index contributed by atoms with van der Waals surface area (Å²) in [5.41, 5.74) is 0. The van der Waals surface area contributed by atoms with Crippen molar-refractivity contribution in [3.05, 3.63) is 0 Å². The first-order valence-electron chi connectivity index (χ1n) is 5.33. The maximum atomic E-state index is 10.2. The second kappa shape index (κ2) is 9.42. The number of rotatable bonds is 8. The number of hydrogen-bond donors (Lipinski definition) is 3. The van der Waals surface area contributed by atoms with Crippen molar-refractivity contribution in [2.24, 2.45) is 0 Å². The minimum Gasteiger partial charge on any atom is -0.472 e. The van der Waals surface area contributed by atoms with Crippen molar-refractivity contribution in [2.75, 3.05) is 18.5 Å². The van der Waals surface area contributed by atoms with E-state index in [9.17, 15) is 9.90 Å². The zero-order chi connectivity index (χ0) is 13.1. The lowest BCUT2D eigenvalue weighted by molar-refractivity contribution is -0.182. The van der Waals surface area contributed by atoms with Gasteiger partial charge in [0.15, 0.2) is 0 Å². The third kappa shape index (κ3) is 9.12. The molecule has 0 heterocycles. The van der Waals surface area contributed by atoms with Crippen molar-refractivity contribution >= 4 is 21.9 Å². The van der Waals surface area contributed by atoms with Crippen LogP contribution in [0.15, 0.2) is 0 Å². The van der Waals surface area contributed by atoms with Crippen molar-refractivity contribution in [3.63, 3.8) is 0 Å². The topological polar surface area (TPSA) is 87.0 Å². The molecule has 0 saturated carbocycles. The second-order valence-corrected chi connectivity index (χ2v) is 4.24. The Hall–Kier alpha value is -0.610. The lowest BCUT2D eigenvalue weighted by Crippen LogP contribution is -2.35. The molecule has 3 N–H and O–H groups in total. The molecular weight excluding hydrogens is 292 g/mol. The van der Waals surface area contributed by atoms with Crippen LogP contribution in [0.1, 0.15) is 25.7 Å². The molecule has 0 aliphatic carbocycles. The minimum absolute atomic E-state index is 0.230. The SMILES string of the molecule is O=C(O)C#CC(O)(CO)OCCCCCCBr. The summed E-state index contributed by atoms with van der Waals surface area (Å²) in [6.45, 7) is -0.525. The van der Waals surface area contributed by atoms with Crippen molar-refractivity contribution in [2.45, 2.75) is 31.5 Å². The zero-order valence-corrected chi connectivity index (χ0v) is 11.1. The molecule has 6 heteroatoms. The number of aliphatic carboxylic acids is 1. The van der Waals surface area contributed by atoms with Crippen molar-refractivity contribution in [1.29, 1.82) is 0 Å². The molecule has 0 rings (SSSR count). The van der Waals surface area contributed by atoms with Crippen LogP contribution in [0, 0.1) is 11.8 Å². The predicted molar refractivity (Wildman–Crippen MR) is 65.7 cm³/mol. The Balaban J connectivity index is 3.89. The van der Waals surface area contributed by atoms with E-state index < -0.39 is 18.4 Å². The van der Waals surface area contributed by atoms with Gasteiger partial charge >= 0.3 is 5.97 Å². The van der Waals surface area contributed by atoms with Gasteiger partial charge in [0, 0.05) is 11.3 Å². The number of carboxylic acids is 1. The summed E-state index contributed by atoms with van der Waals surface area (Å²) in [5.74, 6) is 0.245. The summed E-state index contributed by atoms with van der Waals surface area (Å²) < 4.78 is 4.97. The van der Waals surface area contributed by atoms with Crippen LogP contribution in [-0.2, 0) is 9.53 Å². The molecule has 5 nitrogen and oxygen atoms in total. The van der Waals surface area contributed by atoms with Crippen LogP contribution in [0.25, 0.3) is 0 Å². The number of carboxylic acid groups (broad SMARTS) is 1. The second-order valence-electron chi connectivity index (χ2n) is 3.45. The zero-order valence-electron chi connectivity index (χ0n) is 9.49. The number of carbonyl (C=O) groups is 1. The van der Waals surface area contributed by atoms with Crippen LogP contribution in [0.2, 0.25) is 0 Å². The molecule has 0 aromatic heterocycles. The number of unbranched alkanes of at least 4 members (excludes halogenated alkanes) is 3. The summed E-state index contributed by atoms with van der Waals surface area (Å²) in [7, 11) is 0. The number of aliphatic hydroxyl groups excluding tert-OH is 1. The summed E-state index contributed by atoms with van der Waals surface area (Å²) in [6, 6.07) is 0. The Labute approximate surface area is 109 Å². The van der Waals surface area contributed by atoms with Gasteiger partial charge in [0.05, 0.1) is 6.61 Å². The van der Waals surface area contributed by atoms with Gasteiger partial charge in [-0.15, -0.1) is 0 Å². The number of halogens is 1. The van der Waals surface area contributed by atoms with E-state index in [1.54, 1.807) is 5.92 Å². The lowest BCUT2D eigenvalue weighted by atomic mass is 10.2. The average molecular weight is 309 g/mol. The van der Waals surface area contributed by atoms with E-state index in [1.807, 2.05) is 5.92 Å². The van der Waals surface area contributed by atoms with Crippen molar-refractivity contribution in [3.8, 4) is 11.8 Å². The Morgan fingerprint density at radius 1 is 1.29 bits per heavy atom. The van der Waals surface area contributed by atoms with E-state index >= 15 is 0 Å². The van der Waals surface area contributed by atoms with Gasteiger partial charge < -0.3 is 20.1 Å². The highest BCUT2D eigenvalue weighted by Crippen LogP contribution is 2.08. The van der Waals surface area contributed by atoms with Gasteiger partial charge in [0.1, 0.15) is 6.61 Å². The molecule has 0 amide bonds. The molecule has 0 aromatic carbocycles. The smallest absolute Gasteiger partial charge is 0.382 e. The molecule has 1 atom stereocenters. The van der Waals surface area contributed by atoms with Crippen molar-refractivity contribution < 1.29 is 24.9 Å². The number of aliphatic hydroxyl groups is 2. The maximum Gasteiger partial charge on any atom is 0.382 e. The molecule has 17 heavy (non-hydrogen) atoms. The van der Waals surface area contributed by atoms with E-state index in [-0.39, 0.29) is 6.61 Å². The molecule has 0 spiro atoms. The van der Waals surface area contributed by atoms with Crippen LogP contribution in [0.5, 0.6) is 0 Å². The van der Waals surface area contributed by atoms with E-state index in [1.165, 1.54) is 0 Å². The number of ether oxygens (including phenoxy) is 1. The van der Waals surface area contributed by atoms with Crippen LogP contribution < -0.4 is 0 Å². The number of alkyl halides is 1. The van der Waals surface area contributed by atoms with Gasteiger partial charge in [-0.05, 0) is 18.8 Å². The first-order valence-corrected chi connectivity index (χ1v) is 6.45. The third-order valence-corrected chi connectivity index (χ3v) is 2.51. The van der Waals surface area contributed by atoms with Gasteiger partial charge in [-0.2, -0.15) is 0 Å². The molecule has 0 fully saturated rings. The molecule has 0 bridgehead atoms. The van der Waals surface area contributed by atoms with Gasteiger partial charge in [-0.1, -0.05) is 28.8 Å². The summed E-state index contributed by atoms with van der Waals surface area (Å²) in [4.78, 5) is 10.2. The van der Waals surface area contributed by atoms with E-state index in [2.05, 4.69) is 15.9 Å². The highest BCUT2D eigenvalue weighted by molar-refractivity contribution is 9.09. The fraction of sp³-hybridized carbons (Fsp3) is 0.727. The van der Waals surface area contributed by atoms with Crippen molar-refractivity contribution in [1.82, 2.24) is 0 Å². The van der Waals surface area contributed by atoms with Crippen LogP contribution in [-0.4, -0.2) is 45.6 Å². The highest BCUT2D eigenvalue weighted by atomic mass is 79.9. The largest absolute Gasteiger partial charge is 0.472 e. The summed E-state index contributed by atoms with van der Waals surface area (Å²) in [5, 5.41) is 27.7. The monoisotopic (exact) mass is 308 g/mol. The van der Waals surface area contributed by atoms with Gasteiger partial charge in [0.2, 0.25) is 0 Å². The maximum absolute atomic E-state index is 10.2. The molecule has 1 unspecified atom stereocenters. The van der Waals surface area contributed by atoms with Gasteiger partial charge in [0.25, 0.3) is 5.79 Å². The fourth-order valence-corrected chi connectivity index (χ4v) is 1.46. The van der Waals surface area contributed by atoms with E-state index in [0.717, 1.165) is 31.0 Å². The summed E-state index contributed by atoms with van der Waals surface area (Å²) >= 11 is 3.32. The lowest BCUT2D eigenvalue weighted by Gasteiger charge is -2.19. The van der Waals surface area contributed by atoms with Crippen LogP contribution in [0.4, 0.5) is 0 Å². The normalized spacial score (nSPS) is 13.6. The van der Waals surface area contributed by atoms with E-state index in [4.69, 9.17) is 14.9 Å². The molecule has 0 radical (unpaired) electrons. The van der Waals surface area contributed by atoms with E-state index in [0.29, 0.717) is 0 Å². The highest BCUT2D eigenvalue weighted by Gasteiger charge is 2.24. The Bertz CT molecular complexity index is 283. The average Bonchev–Trinajstić information content (AvgIpc) is 2.31. The fourth-order valence-electron chi connectivity index (χ4n) is 1.06. The molecule has 98 valence electrons. The van der Waals surface area contributed by atoms with Gasteiger partial charge in [-0.25, -0.2) is 4.79 Å². The molecule has 0 aromatic rings. The minimum atomic E-state index is -2.08. The standard InChI is InChI=1S/C11H17BrO5/c12-7-3-1-2-4-8-17-11(16,9-13)6-5-10(14)15/h13,16H,1-4,7-9H2,(H,14,15). The van der Waals surface area contributed by atoms with Crippen LogP contribution in [0.3, 0.4) is 0 Å². The molecule has 0 aliphatic heterocycles. The molecule has 0 saturated heterocycles. The summed E-state index contributed by atoms with van der Waals surface area (Å²) in [6.07, 6.45) is 3.79. The number of hydrogen-bond acceptors (Lipinski definition) is 4. The third-order valence-electron chi connectivity index (χ3n) is 1.95.